The fraction of sp³-hybridized carbons (Fsp3) is 0. The molecule has 0 radical (unpaired) electrons. The predicted molar refractivity (Wildman–Crippen MR) is 42.6 cm³/mol. The number of carbonyl (C=O) groups is 2. The molecule has 2 nitrogen and oxygen atoms in total. The van der Waals surface area contributed by atoms with Gasteiger partial charge in [-0.05, 0) is 17.4 Å². The van der Waals surface area contributed by atoms with Gasteiger partial charge in [0.15, 0.2) is 12.6 Å². The van der Waals surface area contributed by atoms with Crippen LogP contribution in [0, 0.1) is 11.8 Å². The summed E-state index contributed by atoms with van der Waals surface area (Å²) in [6, 6.07) is 1.71. The Labute approximate surface area is 67.9 Å². The van der Waals surface area contributed by atoms with Crippen molar-refractivity contribution in [3.05, 3.63) is 21.9 Å². The first-order valence-electron chi connectivity index (χ1n) is 2.86. The summed E-state index contributed by atoms with van der Waals surface area (Å²) in [7, 11) is 0. The Morgan fingerprint density at radius 1 is 1.45 bits per heavy atom. The van der Waals surface area contributed by atoms with Gasteiger partial charge in [0.05, 0.1) is 4.88 Å². The highest BCUT2D eigenvalue weighted by molar-refractivity contribution is 7.11. The smallest absolute Gasteiger partial charge is 0.193 e. The molecule has 0 N–H and O–H groups in total. The van der Waals surface area contributed by atoms with Gasteiger partial charge < -0.3 is 0 Å². The maximum atomic E-state index is 10.3. The fourth-order valence-corrected chi connectivity index (χ4v) is 1.28. The number of hydrogen-bond acceptors (Lipinski definition) is 3. The minimum atomic E-state index is 0.506. The second kappa shape index (κ2) is 3.69. The van der Waals surface area contributed by atoms with E-state index in [1.807, 2.05) is 0 Å². The van der Waals surface area contributed by atoms with Crippen molar-refractivity contribution in [2.24, 2.45) is 0 Å². The quantitative estimate of drug-likeness (QED) is 0.460. The molecule has 0 aliphatic heterocycles. The van der Waals surface area contributed by atoms with Crippen molar-refractivity contribution in [2.75, 3.05) is 0 Å². The molecule has 0 amide bonds. The Morgan fingerprint density at radius 2 is 2.27 bits per heavy atom. The Balaban J connectivity index is 3.01. The van der Waals surface area contributed by atoms with Crippen molar-refractivity contribution >= 4 is 23.9 Å². The van der Waals surface area contributed by atoms with Gasteiger partial charge in [0, 0.05) is 5.56 Å². The van der Waals surface area contributed by atoms with Crippen molar-refractivity contribution in [3.63, 3.8) is 0 Å². The normalized spacial score (nSPS) is 8.00. The molecule has 0 atom stereocenters. The molecule has 0 unspecified atom stereocenters. The Hall–Kier alpha value is -1.40. The van der Waals surface area contributed by atoms with Crippen LogP contribution in [-0.2, 0) is 4.79 Å². The van der Waals surface area contributed by atoms with E-state index < -0.39 is 0 Å². The van der Waals surface area contributed by atoms with Crippen LogP contribution in [0.2, 0.25) is 0 Å². The molecule has 0 fully saturated rings. The highest BCUT2D eigenvalue weighted by atomic mass is 32.1. The van der Waals surface area contributed by atoms with Gasteiger partial charge >= 0.3 is 0 Å². The molecule has 3 heteroatoms. The molecule has 0 aromatic carbocycles. The van der Waals surface area contributed by atoms with Gasteiger partial charge in [0.1, 0.15) is 0 Å². The second-order valence-corrected chi connectivity index (χ2v) is 2.65. The van der Waals surface area contributed by atoms with Crippen LogP contribution in [0.15, 0.2) is 11.4 Å². The van der Waals surface area contributed by atoms with E-state index in [-0.39, 0.29) is 0 Å². The summed E-state index contributed by atoms with van der Waals surface area (Å²) in [5.41, 5.74) is 0.622. The zero-order valence-corrected chi connectivity index (χ0v) is 6.35. The summed E-state index contributed by atoms with van der Waals surface area (Å²) in [5, 5.41) is 1.76. The summed E-state index contributed by atoms with van der Waals surface area (Å²) < 4.78 is 0. The molecule has 1 heterocycles. The van der Waals surface area contributed by atoms with Crippen molar-refractivity contribution < 1.29 is 9.59 Å². The molecule has 0 saturated heterocycles. The molecule has 1 aromatic rings. The molecule has 54 valence electrons. The average molecular weight is 164 g/mol. The van der Waals surface area contributed by atoms with E-state index in [1.54, 1.807) is 11.4 Å². The van der Waals surface area contributed by atoms with E-state index in [9.17, 15) is 9.59 Å². The van der Waals surface area contributed by atoms with E-state index in [0.29, 0.717) is 16.7 Å². The minimum Gasteiger partial charge on any atom is -0.297 e. The standard InChI is InChI=1S/C8H4O2S/c9-4-1-2-7-3-5-11-8(7)6-10/h3-6H. The zero-order chi connectivity index (χ0) is 8.10. The van der Waals surface area contributed by atoms with Crippen LogP contribution >= 0.6 is 11.3 Å². The highest BCUT2D eigenvalue weighted by Crippen LogP contribution is 2.12. The third-order valence-corrected chi connectivity index (χ3v) is 1.91. The number of aldehydes is 2. The van der Waals surface area contributed by atoms with Crippen LogP contribution in [-0.4, -0.2) is 12.6 Å². The number of hydrogen-bond donors (Lipinski definition) is 0. The van der Waals surface area contributed by atoms with E-state index in [0.717, 1.165) is 6.29 Å². The fourth-order valence-electron chi connectivity index (χ4n) is 0.623. The molecule has 11 heavy (non-hydrogen) atoms. The van der Waals surface area contributed by atoms with Crippen LogP contribution in [0.3, 0.4) is 0 Å². The Bertz CT molecular complexity index is 327. The van der Waals surface area contributed by atoms with E-state index in [2.05, 4.69) is 11.8 Å². The molecule has 0 saturated carbocycles. The third-order valence-electron chi connectivity index (χ3n) is 1.07. The number of thiophene rings is 1. The first kappa shape index (κ1) is 7.70. The lowest BCUT2D eigenvalue weighted by Gasteiger charge is -1.79. The molecule has 0 aliphatic rings. The first-order chi connectivity index (χ1) is 5.38. The van der Waals surface area contributed by atoms with Crippen molar-refractivity contribution in [1.29, 1.82) is 0 Å². The van der Waals surface area contributed by atoms with Gasteiger partial charge in [-0.1, -0.05) is 5.92 Å². The van der Waals surface area contributed by atoms with Crippen LogP contribution in [0.5, 0.6) is 0 Å². The molecule has 0 bridgehead atoms. The first-order valence-corrected chi connectivity index (χ1v) is 3.74. The van der Waals surface area contributed by atoms with Crippen LogP contribution in [0.4, 0.5) is 0 Å². The lowest BCUT2D eigenvalue weighted by molar-refractivity contribution is -0.103. The summed E-state index contributed by atoms with van der Waals surface area (Å²) in [6.45, 7) is 0. The number of rotatable bonds is 1. The van der Waals surface area contributed by atoms with Gasteiger partial charge in [0.25, 0.3) is 0 Å². The summed E-state index contributed by atoms with van der Waals surface area (Å²) in [4.78, 5) is 20.7. The van der Waals surface area contributed by atoms with Gasteiger partial charge in [-0.2, -0.15) is 0 Å². The maximum Gasteiger partial charge on any atom is 0.193 e. The Kier molecular flexibility index (Phi) is 2.59. The van der Waals surface area contributed by atoms with E-state index in [4.69, 9.17) is 0 Å². The number of carbonyl (C=O) groups excluding carboxylic acids is 2. The Morgan fingerprint density at radius 3 is 2.91 bits per heavy atom. The van der Waals surface area contributed by atoms with Gasteiger partial charge in [-0.15, -0.1) is 11.3 Å². The van der Waals surface area contributed by atoms with Crippen molar-refractivity contribution in [3.8, 4) is 11.8 Å². The summed E-state index contributed by atoms with van der Waals surface area (Å²) in [6.07, 6.45) is 1.24. The minimum absolute atomic E-state index is 0.506. The van der Waals surface area contributed by atoms with Crippen LogP contribution in [0.25, 0.3) is 0 Å². The molecule has 0 aliphatic carbocycles. The summed E-state index contributed by atoms with van der Waals surface area (Å²) >= 11 is 1.31. The maximum absolute atomic E-state index is 10.3. The molecule has 1 rings (SSSR count). The van der Waals surface area contributed by atoms with E-state index >= 15 is 0 Å². The van der Waals surface area contributed by atoms with Crippen molar-refractivity contribution in [2.45, 2.75) is 0 Å². The lowest BCUT2D eigenvalue weighted by atomic mass is 10.3. The largest absolute Gasteiger partial charge is 0.297 e. The molecule has 1 aromatic heterocycles. The van der Waals surface area contributed by atoms with Crippen LogP contribution in [0.1, 0.15) is 15.2 Å². The van der Waals surface area contributed by atoms with Gasteiger partial charge in [-0.3, -0.25) is 9.59 Å². The monoisotopic (exact) mass is 164 g/mol. The van der Waals surface area contributed by atoms with Gasteiger partial charge in [0.2, 0.25) is 0 Å². The molecular weight excluding hydrogens is 160 g/mol. The van der Waals surface area contributed by atoms with Crippen molar-refractivity contribution in [1.82, 2.24) is 0 Å². The van der Waals surface area contributed by atoms with Crippen LogP contribution < -0.4 is 0 Å². The summed E-state index contributed by atoms with van der Waals surface area (Å²) in [5.74, 6) is 4.80. The molecular formula is C8H4O2S. The van der Waals surface area contributed by atoms with E-state index in [1.165, 1.54) is 11.3 Å². The highest BCUT2D eigenvalue weighted by Gasteiger charge is 1.97. The topological polar surface area (TPSA) is 34.1 Å². The van der Waals surface area contributed by atoms with Gasteiger partial charge in [-0.25, -0.2) is 0 Å². The third kappa shape index (κ3) is 1.76. The SMILES string of the molecule is O=CC#Cc1ccsc1C=O. The lowest BCUT2D eigenvalue weighted by Crippen LogP contribution is -1.76. The predicted octanol–water partition coefficient (Wildman–Crippen LogP) is 1.11. The zero-order valence-electron chi connectivity index (χ0n) is 5.53. The molecule has 0 spiro atoms. The second-order valence-electron chi connectivity index (χ2n) is 1.70. The average Bonchev–Trinajstić information content (AvgIpc) is 2.47.